The van der Waals surface area contributed by atoms with Gasteiger partial charge in [0.25, 0.3) is 11.8 Å². The van der Waals surface area contributed by atoms with Gasteiger partial charge in [0.05, 0.1) is 11.3 Å². The van der Waals surface area contributed by atoms with Crippen LogP contribution >= 0.6 is 0 Å². The van der Waals surface area contributed by atoms with Crippen LogP contribution in [0.15, 0.2) is 42.7 Å². The molecule has 1 aromatic heterocycles. The Morgan fingerprint density at radius 3 is 3.00 bits per heavy atom. The number of anilines is 2. The molecule has 1 aliphatic heterocycles. The van der Waals surface area contributed by atoms with Crippen molar-refractivity contribution in [1.29, 1.82) is 0 Å². The SMILES string of the molecule is CCCN1C(=O)COc2cc(NC(=O)c3cccnc3)ccc21. The number of hydrogen-bond acceptors (Lipinski definition) is 4. The van der Waals surface area contributed by atoms with Gasteiger partial charge in [-0.25, -0.2) is 0 Å². The Bertz CT molecular complexity index is 731. The highest BCUT2D eigenvalue weighted by molar-refractivity contribution is 6.04. The van der Waals surface area contributed by atoms with Crippen LogP contribution in [0.3, 0.4) is 0 Å². The van der Waals surface area contributed by atoms with Gasteiger partial charge in [-0.3, -0.25) is 14.6 Å². The molecule has 1 N–H and O–H groups in total. The molecule has 23 heavy (non-hydrogen) atoms. The molecule has 0 saturated heterocycles. The van der Waals surface area contributed by atoms with E-state index < -0.39 is 0 Å². The molecule has 2 amide bonds. The standard InChI is InChI=1S/C17H17N3O3/c1-2-8-20-14-6-5-13(9-15(14)23-11-16(20)21)19-17(22)12-4-3-7-18-10-12/h3-7,9-10H,2,8,11H2,1H3,(H,19,22). The van der Waals surface area contributed by atoms with E-state index in [9.17, 15) is 9.59 Å². The molecule has 0 aliphatic carbocycles. The van der Waals surface area contributed by atoms with Crippen molar-refractivity contribution in [2.75, 3.05) is 23.4 Å². The quantitative estimate of drug-likeness (QED) is 0.941. The van der Waals surface area contributed by atoms with E-state index in [1.165, 1.54) is 6.20 Å². The third-order valence-electron chi connectivity index (χ3n) is 3.53. The van der Waals surface area contributed by atoms with Crippen molar-refractivity contribution in [3.8, 4) is 5.75 Å². The number of aromatic nitrogens is 1. The van der Waals surface area contributed by atoms with Crippen LogP contribution in [0.2, 0.25) is 0 Å². The number of fused-ring (bicyclic) bond motifs is 1. The lowest BCUT2D eigenvalue weighted by molar-refractivity contribution is -0.121. The van der Waals surface area contributed by atoms with Gasteiger partial charge in [0.15, 0.2) is 6.61 Å². The molecule has 118 valence electrons. The van der Waals surface area contributed by atoms with Crippen molar-refractivity contribution >= 4 is 23.2 Å². The summed E-state index contributed by atoms with van der Waals surface area (Å²) in [6.07, 6.45) is 3.99. The number of pyridine rings is 1. The highest BCUT2D eigenvalue weighted by Crippen LogP contribution is 2.34. The zero-order valence-electron chi connectivity index (χ0n) is 12.8. The Hall–Kier alpha value is -2.89. The molecule has 1 aromatic carbocycles. The summed E-state index contributed by atoms with van der Waals surface area (Å²) in [5.41, 5.74) is 1.83. The van der Waals surface area contributed by atoms with E-state index in [1.807, 2.05) is 6.92 Å². The summed E-state index contributed by atoms with van der Waals surface area (Å²) < 4.78 is 5.49. The average molecular weight is 311 g/mol. The Morgan fingerprint density at radius 1 is 1.39 bits per heavy atom. The first-order valence-electron chi connectivity index (χ1n) is 7.47. The van der Waals surface area contributed by atoms with Crippen LogP contribution in [0.5, 0.6) is 5.75 Å². The summed E-state index contributed by atoms with van der Waals surface area (Å²) in [5, 5.41) is 2.80. The van der Waals surface area contributed by atoms with Gasteiger partial charge in [-0.05, 0) is 30.7 Å². The first-order chi connectivity index (χ1) is 11.2. The molecule has 0 atom stereocenters. The lowest BCUT2D eigenvalue weighted by Crippen LogP contribution is -2.39. The number of carbonyl (C=O) groups is 2. The third-order valence-corrected chi connectivity index (χ3v) is 3.53. The molecule has 0 saturated carbocycles. The van der Waals surface area contributed by atoms with E-state index in [2.05, 4.69) is 10.3 Å². The number of amides is 2. The second kappa shape index (κ2) is 6.48. The van der Waals surface area contributed by atoms with Crippen LogP contribution in [0.1, 0.15) is 23.7 Å². The molecule has 2 aromatic rings. The predicted molar refractivity (Wildman–Crippen MR) is 86.8 cm³/mol. The zero-order valence-corrected chi connectivity index (χ0v) is 12.8. The summed E-state index contributed by atoms with van der Waals surface area (Å²) in [6, 6.07) is 8.69. The van der Waals surface area contributed by atoms with Crippen molar-refractivity contribution in [2.24, 2.45) is 0 Å². The molecule has 0 unspecified atom stereocenters. The number of benzene rings is 1. The molecular weight excluding hydrogens is 294 g/mol. The van der Waals surface area contributed by atoms with Crippen molar-refractivity contribution in [3.63, 3.8) is 0 Å². The van der Waals surface area contributed by atoms with Crippen LogP contribution in [-0.4, -0.2) is 29.9 Å². The summed E-state index contributed by atoms with van der Waals surface area (Å²) >= 11 is 0. The number of nitrogens with one attached hydrogen (secondary N) is 1. The fraction of sp³-hybridized carbons (Fsp3) is 0.235. The van der Waals surface area contributed by atoms with Crippen LogP contribution < -0.4 is 15.0 Å². The molecule has 0 fully saturated rings. The molecule has 0 radical (unpaired) electrons. The minimum atomic E-state index is -0.240. The lowest BCUT2D eigenvalue weighted by atomic mass is 10.2. The molecule has 6 nitrogen and oxygen atoms in total. The van der Waals surface area contributed by atoms with Crippen LogP contribution in [0, 0.1) is 0 Å². The lowest BCUT2D eigenvalue weighted by Gasteiger charge is -2.29. The smallest absolute Gasteiger partial charge is 0.265 e. The van der Waals surface area contributed by atoms with Crippen molar-refractivity contribution in [2.45, 2.75) is 13.3 Å². The first-order valence-corrected chi connectivity index (χ1v) is 7.47. The van der Waals surface area contributed by atoms with Gasteiger partial charge in [-0.1, -0.05) is 6.92 Å². The highest BCUT2D eigenvalue weighted by atomic mass is 16.5. The maximum Gasteiger partial charge on any atom is 0.265 e. The molecular formula is C17H17N3O3. The topological polar surface area (TPSA) is 71.5 Å². The van der Waals surface area contributed by atoms with Crippen molar-refractivity contribution < 1.29 is 14.3 Å². The Morgan fingerprint density at radius 2 is 2.26 bits per heavy atom. The molecule has 0 bridgehead atoms. The van der Waals surface area contributed by atoms with E-state index in [0.717, 1.165) is 12.1 Å². The summed E-state index contributed by atoms with van der Waals surface area (Å²) in [7, 11) is 0. The van der Waals surface area contributed by atoms with Gasteiger partial charge in [0.2, 0.25) is 0 Å². The van der Waals surface area contributed by atoms with Crippen molar-refractivity contribution in [1.82, 2.24) is 4.98 Å². The Kier molecular flexibility index (Phi) is 4.23. The van der Waals surface area contributed by atoms with Crippen LogP contribution in [0.4, 0.5) is 11.4 Å². The van der Waals surface area contributed by atoms with Gasteiger partial charge in [-0.15, -0.1) is 0 Å². The van der Waals surface area contributed by atoms with E-state index in [0.29, 0.717) is 23.5 Å². The van der Waals surface area contributed by atoms with Gasteiger partial charge in [0, 0.05) is 30.7 Å². The largest absolute Gasteiger partial charge is 0.481 e. The second-order valence-electron chi connectivity index (χ2n) is 5.21. The maximum absolute atomic E-state index is 12.1. The van der Waals surface area contributed by atoms with E-state index in [4.69, 9.17) is 4.74 Å². The van der Waals surface area contributed by atoms with E-state index >= 15 is 0 Å². The number of nitrogens with zero attached hydrogens (tertiary/aromatic N) is 2. The van der Waals surface area contributed by atoms with Gasteiger partial charge < -0.3 is 15.0 Å². The average Bonchev–Trinajstić information content (AvgIpc) is 2.58. The normalized spacial score (nSPS) is 13.3. The van der Waals surface area contributed by atoms with E-state index in [1.54, 1.807) is 41.4 Å². The fourth-order valence-corrected chi connectivity index (χ4v) is 2.45. The number of rotatable bonds is 4. The van der Waals surface area contributed by atoms with Crippen LogP contribution in [-0.2, 0) is 4.79 Å². The number of hydrogen-bond donors (Lipinski definition) is 1. The van der Waals surface area contributed by atoms with Gasteiger partial charge in [0.1, 0.15) is 5.75 Å². The summed E-state index contributed by atoms with van der Waals surface area (Å²) in [4.78, 5) is 29.7. The molecule has 1 aliphatic rings. The Labute approximate surface area is 134 Å². The minimum Gasteiger partial charge on any atom is -0.481 e. The first kappa shape index (κ1) is 15.0. The third kappa shape index (κ3) is 3.15. The number of ether oxygens (including phenoxy) is 1. The molecule has 0 spiro atoms. The Balaban J connectivity index is 1.81. The summed E-state index contributed by atoms with van der Waals surface area (Å²) in [5.74, 6) is 0.309. The minimum absolute atomic E-state index is 0.0208. The molecule has 6 heteroatoms. The monoisotopic (exact) mass is 311 g/mol. The fourth-order valence-electron chi connectivity index (χ4n) is 2.45. The number of carbonyl (C=O) groups excluding carboxylic acids is 2. The van der Waals surface area contributed by atoms with Crippen molar-refractivity contribution in [3.05, 3.63) is 48.3 Å². The van der Waals surface area contributed by atoms with Gasteiger partial charge >= 0.3 is 0 Å². The summed E-state index contributed by atoms with van der Waals surface area (Å²) in [6.45, 7) is 2.69. The second-order valence-corrected chi connectivity index (χ2v) is 5.21. The maximum atomic E-state index is 12.1. The van der Waals surface area contributed by atoms with Crippen LogP contribution in [0.25, 0.3) is 0 Å². The van der Waals surface area contributed by atoms with Gasteiger partial charge in [-0.2, -0.15) is 0 Å². The highest BCUT2D eigenvalue weighted by Gasteiger charge is 2.25. The molecule has 3 rings (SSSR count). The zero-order chi connectivity index (χ0) is 16.2. The predicted octanol–water partition coefficient (Wildman–Crippen LogP) is 2.47. The van der Waals surface area contributed by atoms with E-state index in [-0.39, 0.29) is 18.4 Å². The molecule has 2 heterocycles.